The van der Waals surface area contributed by atoms with Gasteiger partial charge >= 0.3 is 0 Å². The highest BCUT2D eigenvalue weighted by molar-refractivity contribution is 5.92. The van der Waals surface area contributed by atoms with E-state index in [1.54, 1.807) is 6.08 Å². The highest BCUT2D eigenvalue weighted by Gasteiger charge is 1.93. The van der Waals surface area contributed by atoms with E-state index in [0.717, 1.165) is 19.3 Å². The maximum absolute atomic E-state index is 7.63. The molecule has 0 saturated heterocycles. The van der Waals surface area contributed by atoms with Gasteiger partial charge in [0, 0.05) is 5.71 Å². The summed E-state index contributed by atoms with van der Waals surface area (Å²) in [5, 5.41) is 7.63. The minimum Gasteiger partial charge on any atom is -0.305 e. The Balaban J connectivity index is 3.26. The van der Waals surface area contributed by atoms with Gasteiger partial charge in [0.1, 0.15) is 0 Å². The summed E-state index contributed by atoms with van der Waals surface area (Å²) in [6, 6.07) is 0. The van der Waals surface area contributed by atoms with Crippen molar-refractivity contribution in [1.29, 1.82) is 5.41 Å². The number of rotatable bonds is 11. The summed E-state index contributed by atoms with van der Waals surface area (Å²) in [6.07, 6.45) is 19.6. The average molecular weight is 231 g/mol. The van der Waals surface area contributed by atoms with E-state index in [0.29, 0.717) is 5.71 Å². The molecule has 94 valence electrons. The molecule has 0 rings (SSSR count). The SMILES string of the molecule is C=C/C=C/CCCCCCCC(=N)/C=C/C=C. The Hall–Kier alpha value is -1.37. The third kappa shape index (κ3) is 12.6. The molecule has 0 fully saturated rings. The third-order valence-corrected chi connectivity index (χ3v) is 2.52. The molecule has 0 aromatic heterocycles. The highest BCUT2D eigenvalue weighted by Crippen LogP contribution is 2.08. The fourth-order valence-corrected chi connectivity index (χ4v) is 1.57. The topological polar surface area (TPSA) is 23.9 Å². The van der Waals surface area contributed by atoms with Gasteiger partial charge in [-0.25, -0.2) is 0 Å². The van der Waals surface area contributed by atoms with E-state index in [1.807, 2.05) is 24.3 Å². The molecule has 17 heavy (non-hydrogen) atoms. The summed E-state index contributed by atoms with van der Waals surface area (Å²) in [7, 11) is 0. The van der Waals surface area contributed by atoms with E-state index >= 15 is 0 Å². The number of hydrogen-bond donors (Lipinski definition) is 1. The Morgan fingerprint density at radius 2 is 1.53 bits per heavy atom. The Labute approximate surface area is 106 Å². The van der Waals surface area contributed by atoms with Crippen LogP contribution in [0.4, 0.5) is 0 Å². The van der Waals surface area contributed by atoms with Crippen molar-refractivity contribution in [2.45, 2.75) is 44.9 Å². The normalized spacial score (nSPS) is 11.1. The summed E-state index contributed by atoms with van der Waals surface area (Å²) in [5.41, 5.74) is 0.707. The molecule has 0 aliphatic rings. The summed E-state index contributed by atoms with van der Waals surface area (Å²) < 4.78 is 0. The van der Waals surface area contributed by atoms with E-state index in [4.69, 9.17) is 5.41 Å². The smallest absolute Gasteiger partial charge is 0.0313 e. The zero-order valence-electron chi connectivity index (χ0n) is 10.8. The molecule has 0 aliphatic heterocycles. The first kappa shape index (κ1) is 15.6. The van der Waals surface area contributed by atoms with Crippen LogP contribution in [-0.2, 0) is 0 Å². The van der Waals surface area contributed by atoms with Gasteiger partial charge < -0.3 is 5.41 Å². The van der Waals surface area contributed by atoms with Gasteiger partial charge in [0.25, 0.3) is 0 Å². The first-order valence-corrected chi connectivity index (χ1v) is 6.45. The third-order valence-electron chi connectivity index (χ3n) is 2.52. The molecule has 1 nitrogen and oxygen atoms in total. The van der Waals surface area contributed by atoms with Gasteiger partial charge in [0.05, 0.1) is 0 Å². The Bertz CT molecular complexity index is 271. The standard InChI is InChI=1S/C16H25N/c1-3-5-7-8-9-10-11-12-13-15-16(17)14-6-4-2/h3-7,14,17H,1-2,8-13,15H2/b7-5+,14-6+,17-16?. The van der Waals surface area contributed by atoms with Crippen molar-refractivity contribution >= 4 is 5.71 Å². The molecule has 0 saturated carbocycles. The van der Waals surface area contributed by atoms with Crippen LogP contribution in [0.3, 0.4) is 0 Å². The molecule has 0 bridgehead atoms. The van der Waals surface area contributed by atoms with Crippen LogP contribution in [0, 0.1) is 5.41 Å². The highest BCUT2D eigenvalue weighted by atomic mass is 14.4. The van der Waals surface area contributed by atoms with Crippen LogP contribution >= 0.6 is 0 Å². The van der Waals surface area contributed by atoms with Crippen LogP contribution < -0.4 is 0 Å². The van der Waals surface area contributed by atoms with Crippen LogP contribution in [0.1, 0.15) is 44.9 Å². The van der Waals surface area contributed by atoms with Crippen LogP contribution in [0.25, 0.3) is 0 Å². The van der Waals surface area contributed by atoms with Crippen LogP contribution in [0.5, 0.6) is 0 Å². The fourth-order valence-electron chi connectivity index (χ4n) is 1.57. The molecule has 1 N–H and O–H groups in total. The second kappa shape index (κ2) is 12.7. The zero-order valence-corrected chi connectivity index (χ0v) is 10.8. The zero-order chi connectivity index (χ0) is 12.8. The van der Waals surface area contributed by atoms with Crippen molar-refractivity contribution < 1.29 is 0 Å². The Morgan fingerprint density at radius 3 is 2.24 bits per heavy atom. The average Bonchev–Trinajstić information content (AvgIpc) is 2.34. The van der Waals surface area contributed by atoms with E-state index in [1.165, 1.54) is 25.7 Å². The van der Waals surface area contributed by atoms with Crippen molar-refractivity contribution in [3.63, 3.8) is 0 Å². The van der Waals surface area contributed by atoms with Gasteiger partial charge in [-0.1, -0.05) is 62.8 Å². The summed E-state index contributed by atoms with van der Waals surface area (Å²) in [4.78, 5) is 0. The number of allylic oxidation sites excluding steroid dienone is 6. The predicted molar refractivity (Wildman–Crippen MR) is 78.7 cm³/mol. The van der Waals surface area contributed by atoms with E-state index < -0.39 is 0 Å². The van der Waals surface area contributed by atoms with E-state index in [9.17, 15) is 0 Å². The lowest BCUT2D eigenvalue weighted by atomic mass is 10.1. The van der Waals surface area contributed by atoms with Gasteiger partial charge in [0.2, 0.25) is 0 Å². The predicted octanol–water partition coefficient (Wildman–Crippen LogP) is 5.22. The van der Waals surface area contributed by atoms with E-state index in [-0.39, 0.29) is 0 Å². The second-order valence-electron chi connectivity index (χ2n) is 4.09. The molecule has 0 aromatic carbocycles. The molecule has 1 heteroatoms. The lowest BCUT2D eigenvalue weighted by Crippen LogP contribution is -1.90. The number of nitrogens with one attached hydrogen (secondary N) is 1. The fraction of sp³-hybridized carbons (Fsp3) is 0.438. The first-order valence-electron chi connectivity index (χ1n) is 6.45. The Morgan fingerprint density at radius 1 is 0.882 bits per heavy atom. The van der Waals surface area contributed by atoms with Gasteiger partial charge in [-0.05, 0) is 31.8 Å². The van der Waals surface area contributed by atoms with Gasteiger partial charge in [-0.2, -0.15) is 0 Å². The molecule has 0 radical (unpaired) electrons. The molecular formula is C16H25N. The monoisotopic (exact) mass is 231 g/mol. The van der Waals surface area contributed by atoms with Crippen LogP contribution in [0.15, 0.2) is 49.6 Å². The van der Waals surface area contributed by atoms with Crippen LogP contribution in [-0.4, -0.2) is 5.71 Å². The summed E-state index contributed by atoms with van der Waals surface area (Å²) >= 11 is 0. The lowest BCUT2D eigenvalue weighted by molar-refractivity contribution is 0.627. The van der Waals surface area contributed by atoms with Crippen molar-refractivity contribution in [2.24, 2.45) is 0 Å². The molecule has 0 unspecified atom stereocenters. The van der Waals surface area contributed by atoms with Crippen molar-refractivity contribution in [2.75, 3.05) is 0 Å². The molecule has 0 amide bonds. The molecule has 0 aliphatic carbocycles. The van der Waals surface area contributed by atoms with Gasteiger partial charge in [0.15, 0.2) is 0 Å². The second-order valence-corrected chi connectivity index (χ2v) is 4.09. The van der Waals surface area contributed by atoms with Crippen molar-refractivity contribution in [3.8, 4) is 0 Å². The largest absolute Gasteiger partial charge is 0.305 e. The molecule has 0 aromatic rings. The van der Waals surface area contributed by atoms with Gasteiger partial charge in [-0.3, -0.25) is 0 Å². The van der Waals surface area contributed by atoms with E-state index in [2.05, 4.69) is 19.2 Å². The number of hydrogen-bond acceptors (Lipinski definition) is 1. The minimum absolute atomic E-state index is 0.707. The molecule has 0 atom stereocenters. The molecular weight excluding hydrogens is 206 g/mol. The van der Waals surface area contributed by atoms with Crippen LogP contribution in [0.2, 0.25) is 0 Å². The lowest BCUT2D eigenvalue weighted by Gasteiger charge is -2.00. The quantitative estimate of drug-likeness (QED) is 0.286. The van der Waals surface area contributed by atoms with Crippen molar-refractivity contribution in [3.05, 3.63) is 49.6 Å². The number of unbranched alkanes of at least 4 members (excludes halogenated alkanes) is 5. The maximum Gasteiger partial charge on any atom is 0.0313 e. The summed E-state index contributed by atoms with van der Waals surface area (Å²) in [5.74, 6) is 0. The summed E-state index contributed by atoms with van der Waals surface area (Å²) in [6.45, 7) is 7.23. The molecule has 0 heterocycles. The minimum atomic E-state index is 0.707. The van der Waals surface area contributed by atoms with Gasteiger partial charge in [-0.15, -0.1) is 0 Å². The Kier molecular flexibility index (Phi) is 11.7. The first-order chi connectivity index (χ1) is 8.31. The van der Waals surface area contributed by atoms with Crippen molar-refractivity contribution in [1.82, 2.24) is 0 Å². The maximum atomic E-state index is 7.63. The molecule has 0 spiro atoms.